The third-order valence-corrected chi connectivity index (χ3v) is 5.84. The van der Waals surface area contributed by atoms with Crippen LogP contribution in [0.2, 0.25) is 0 Å². The van der Waals surface area contributed by atoms with E-state index in [1.54, 1.807) is 0 Å². The second-order valence-electron chi connectivity index (χ2n) is 5.37. The first-order valence-electron chi connectivity index (χ1n) is 7.20. The largest absolute Gasteiger partial charge is 0.329 e. The Hall–Kier alpha value is 0.270. The van der Waals surface area contributed by atoms with Gasteiger partial charge in [0.1, 0.15) is 0 Å². The maximum absolute atomic E-state index is 6.17. The van der Waals surface area contributed by atoms with E-state index < -0.39 is 0 Å². The molecule has 0 aromatic rings. The van der Waals surface area contributed by atoms with Crippen LogP contribution < -0.4 is 5.73 Å². The Kier molecular flexibility index (Phi) is 6.32. The van der Waals surface area contributed by atoms with Gasteiger partial charge in [0.15, 0.2) is 0 Å². The molecule has 0 amide bonds. The fourth-order valence-corrected chi connectivity index (χ4v) is 4.45. The first kappa shape index (κ1) is 15.3. The number of hydrogen-bond donors (Lipinski definition) is 1. The van der Waals surface area contributed by atoms with Gasteiger partial charge in [0, 0.05) is 23.4 Å². The Bertz CT molecular complexity index is 222. The van der Waals surface area contributed by atoms with E-state index in [4.69, 9.17) is 5.73 Å². The van der Waals surface area contributed by atoms with Gasteiger partial charge < -0.3 is 5.73 Å². The third-order valence-electron chi connectivity index (χ3n) is 4.46. The Balaban J connectivity index is 2.84. The molecule has 0 aromatic carbocycles. The summed E-state index contributed by atoms with van der Waals surface area (Å²) in [5.74, 6) is 1.28. The highest BCUT2D eigenvalue weighted by Crippen LogP contribution is 2.41. The van der Waals surface area contributed by atoms with Crippen LogP contribution >= 0.6 is 11.8 Å². The Labute approximate surface area is 112 Å². The summed E-state index contributed by atoms with van der Waals surface area (Å²) in [4.78, 5) is 2.72. The third kappa shape index (κ3) is 3.18. The van der Waals surface area contributed by atoms with E-state index in [9.17, 15) is 0 Å². The van der Waals surface area contributed by atoms with Crippen LogP contribution in [-0.4, -0.2) is 40.6 Å². The van der Waals surface area contributed by atoms with Crippen molar-refractivity contribution in [1.29, 1.82) is 0 Å². The van der Waals surface area contributed by atoms with Gasteiger partial charge in [-0.3, -0.25) is 4.90 Å². The summed E-state index contributed by atoms with van der Waals surface area (Å²) >= 11 is 2.10. The molecule has 0 aromatic heterocycles. The molecule has 0 saturated carbocycles. The van der Waals surface area contributed by atoms with Crippen molar-refractivity contribution in [2.45, 2.75) is 70.2 Å². The topological polar surface area (TPSA) is 29.3 Å². The van der Waals surface area contributed by atoms with Gasteiger partial charge in [0.25, 0.3) is 0 Å². The lowest BCUT2D eigenvalue weighted by Gasteiger charge is -2.46. The van der Waals surface area contributed by atoms with E-state index in [-0.39, 0.29) is 5.54 Å². The predicted molar refractivity (Wildman–Crippen MR) is 79.7 cm³/mol. The molecule has 17 heavy (non-hydrogen) atoms. The number of unbranched alkanes of at least 4 members (excludes halogenated alkanes) is 1. The SMILES string of the molecule is CCCCN(C(C)CC)C1(CN)CCSC1C. The molecule has 102 valence electrons. The molecular weight excluding hydrogens is 228 g/mol. The minimum Gasteiger partial charge on any atom is -0.329 e. The average Bonchev–Trinajstić information content (AvgIpc) is 2.72. The molecule has 1 heterocycles. The summed E-state index contributed by atoms with van der Waals surface area (Å²) < 4.78 is 0. The predicted octanol–water partition coefficient (Wildman–Crippen LogP) is 3.11. The van der Waals surface area contributed by atoms with Crippen LogP contribution in [-0.2, 0) is 0 Å². The highest BCUT2D eigenvalue weighted by molar-refractivity contribution is 8.00. The molecular formula is C14H30N2S. The monoisotopic (exact) mass is 258 g/mol. The Morgan fingerprint density at radius 3 is 2.59 bits per heavy atom. The van der Waals surface area contributed by atoms with E-state index in [0.717, 1.165) is 6.54 Å². The molecule has 2 nitrogen and oxygen atoms in total. The van der Waals surface area contributed by atoms with Crippen LogP contribution in [0.1, 0.15) is 53.4 Å². The van der Waals surface area contributed by atoms with Crippen molar-refractivity contribution in [2.24, 2.45) is 5.73 Å². The highest BCUT2D eigenvalue weighted by Gasteiger charge is 2.45. The van der Waals surface area contributed by atoms with Gasteiger partial charge in [0.05, 0.1) is 0 Å². The van der Waals surface area contributed by atoms with Gasteiger partial charge in [-0.2, -0.15) is 11.8 Å². The average molecular weight is 258 g/mol. The Morgan fingerprint density at radius 1 is 1.47 bits per heavy atom. The van der Waals surface area contributed by atoms with Crippen LogP contribution in [0.15, 0.2) is 0 Å². The molecule has 2 N–H and O–H groups in total. The summed E-state index contributed by atoms with van der Waals surface area (Å²) in [6.45, 7) is 11.3. The van der Waals surface area contributed by atoms with E-state index in [2.05, 4.69) is 44.4 Å². The molecule has 3 heteroatoms. The van der Waals surface area contributed by atoms with Crippen molar-refractivity contribution in [3.63, 3.8) is 0 Å². The van der Waals surface area contributed by atoms with Crippen molar-refractivity contribution in [3.05, 3.63) is 0 Å². The van der Waals surface area contributed by atoms with E-state index in [0.29, 0.717) is 11.3 Å². The minimum atomic E-state index is 0.259. The molecule has 1 fully saturated rings. The zero-order valence-corrected chi connectivity index (χ0v) is 12.9. The molecule has 1 rings (SSSR count). The van der Waals surface area contributed by atoms with E-state index in [1.807, 2.05) is 0 Å². The summed E-state index contributed by atoms with van der Waals surface area (Å²) in [5, 5.41) is 0.679. The standard InChI is InChI=1S/C14H30N2S/c1-5-7-9-16(12(3)6-2)14(11-15)8-10-17-13(14)4/h12-13H,5-11,15H2,1-4H3. The van der Waals surface area contributed by atoms with Crippen molar-refractivity contribution >= 4 is 11.8 Å². The number of nitrogens with zero attached hydrogens (tertiary/aromatic N) is 1. The molecule has 3 atom stereocenters. The summed E-state index contributed by atoms with van der Waals surface area (Å²) in [5.41, 5.74) is 6.43. The summed E-state index contributed by atoms with van der Waals surface area (Å²) in [6.07, 6.45) is 5.06. The van der Waals surface area contributed by atoms with Crippen molar-refractivity contribution < 1.29 is 0 Å². The van der Waals surface area contributed by atoms with Crippen LogP contribution in [0.25, 0.3) is 0 Å². The van der Waals surface area contributed by atoms with Gasteiger partial charge in [-0.25, -0.2) is 0 Å². The zero-order valence-electron chi connectivity index (χ0n) is 12.0. The lowest BCUT2D eigenvalue weighted by atomic mass is 9.88. The first-order valence-corrected chi connectivity index (χ1v) is 8.25. The van der Waals surface area contributed by atoms with Crippen LogP contribution in [0.3, 0.4) is 0 Å². The normalized spacial score (nSPS) is 31.1. The first-order chi connectivity index (χ1) is 8.12. The zero-order chi connectivity index (χ0) is 12.9. The summed E-state index contributed by atoms with van der Waals surface area (Å²) in [6, 6.07) is 0.659. The summed E-state index contributed by atoms with van der Waals surface area (Å²) in [7, 11) is 0. The lowest BCUT2D eigenvalue weighted by Crippen LogP contribution is -2.60. The molecule has 1 saturated heterocycles. The van der Waals surface area contributed by atoms with E-state index in [1.165, 1.54) is 38.0 Å². The van der Waals surface area contributed by atoms with Crippen molar-refractivity contribution in [1.82, 2.24) is 4.90 Å². The smallest absolute Gasteiger partial charge is 0.0457 e. The number of nitrogens with two attached hydrogens (primary N) is 1. The fraction of sp³-hybridized carbons (Fsp3) is 1.00. The van der Waals surface area contributed by atoms with Gasteiger partial charge in [-0.1, -0.05) is 27.2 Å². The van der Waals surface area contributed by atoms with Crippen molar-refractivity contribution in [3.8, 4) is 0 Å². The maximum atomic E-state index is 6.17. The second-order valence-corrected chi connectivity index (χ2v) is 6.82. The molecule has 0 bridgehead atoms. The van der Waals surface area contributed by atoms with Gasteiger partial charge >= 0.3 is 0 Å². The number of thioether (sulfide) groups is 1. The second kappa shape index (κ2) is 7.01. The molecule has 1 aliphatic heterocycles. The maximum Gasteiger partial charge on any atom is 0.0457 e. The minimum absolute atomic E-state index is 0.259. The molecule has 0 radical (unpaired) electrons. The Morgan fingerprint density at radius 2 is 2.18 bits per heavy atom. The van der Waals surface area contributed by atoms with Gasteiger partial charge in [-0.15, -0.1) is 0 Å². The highest BCUT2D eigenvalue weighted by atomic mass is 32.2. The number of rotatable bonds is 7. The van der Waals surface area contributed by atoms with E-state index >= 15 is 0 Å². The molecule has 0 aliphatic carbocycles. The number of hydrogen-bond acceptors (Lipinski definition) is 3. The molecule has 0 spiro atoms. The van der Waals surface area contributed by atoms with Crippen LogP contribution in [0, 0.1) is 0 Å². The van der Waals surface area contributed by atoms with Gasteiger partial charge in [-0.05, 0) is 38.5 Å². The quantitative estimate of drug-likeness (QED) is 0.761. The lowest BCUT2D eigenvalue weighted by molar-refractivity contribution is 0.0540. The molecule has 3 unspecified atom stereocenters. The van der Waals surface area contributed by atoms with Gasteiger partial charge in [0.2, 0.25) is 0 Å². The van der Waals surface area contributed by atoms with Crippen molar-refractivity contribution in [2.75, 3.05) is 18.8 Å². The van der Waals surface area contributed by atoms with Crippen LogP contribution in [0.5, 0.6) is 0 Å². The van der Waals surface area contributed by atoms with Crippen LogP contribution in [0.4, 0.5) is 0 Å². The fourth-order valence-electron chi connectivity index (χ4n) is 2.96. The molecule has 1 aliphatic rings.